The standard InChI is InChI=1S/C18H17NOS3.C7H6OS/c1-2-3-12-23-17-10-4-14(5-11-17)18(22)20-16-8-6-15(7-9-16)19-13-21;8-7(9)6-4-2-1-3-5-6/h4-11H,2-3,12H2,1H3;1-5H,(H,8,9). The highest BCUT2D eigenvalue weighted by Gasteiger charge is 2.05. The lowest BCUT2D eigenvalue weighted by molar-refractivity contribution is 0.566. The fraction of sp³-hybridized carbons (Fsp3) is 0.160. The topological polar surface area (TPSA) is 41.8 Å². The van der Waals surface area contributed by atoms with Crippen molar-refractivity contribution in [2.24, 2.45) is 4.99 Å². The minimum atomic E-state index is -0.0457. The molecule has 0 aliphatic rings. The second-order valence-electron chi connectivity index (χ2n) is 6.48. The third kappa shape index (κ3) is 9.39. The van der Waals surface area contributed by atoms with Gasteiger partial charge in [0.2, 0.25) is 0 Å². The third-order valence-electron chi connectivity index (χ3n) is 4.10. The average molecular weight is 498 g/mol. The summed E-state index contributed by atoms with van der Waals surface area (Å²) < 4.78 is 5.71. The molecule has 32 heavy (non-hydrogen) atoms. The molecule has 1 N–H and O–H groups in total. The largest absolute Gasteiger partial charge is 0.499 e. The number of rotatable bonds is 8. The second kappa shape index (κ2) is 14.6. The Kier molecular flexibility index (Phi) is 11.8. The summed E-state index contributed by atoms with van der Waals surface area (Å²) in [7, 11) is 0. The van der Waals surface area contributed by atoms with E-state index in [0.29, 0.717) is 16.4 Å². The Morgan fingerprint density at radius 3 is 2.12 bits per heavy atom. The molecule has 0 atom stereocenters. The molecule has 0 aliphatic heterocycles. The summed E-state index contributed by atoms with van der Waals surface area (Å²) in [6, 6.07) is 24.5. The van der Waals surface area contributed by atoms with Gasteiger partial charge in [-0.15, -0.1) is 11.8 Å². The van der Waals surface area contributed by atoms with Gasteiger partial charge in [0.25, 0.3) is 0 Å². The van der Waals surface area contributed by atoms with Crippen LogP contribution in [0.5, 0.6) is 5.75 Å². The molecule has 7 heteroatoms. The highest BCUT2D eigenvalue weighted by Crippen LogP contribution is 2.22. The Bertz CT molecular complexity index is 1050. The lowest BCUT2D eigenvalue weighted by Crippen LogP contribution is -2.06. The molecular formula is C25H23NO2S4. The van der Waals surface area contributed by atoms with Gasteiger partial charge < -0.3 is 9.84 Å². The van der Waals surface area contributed by atoms with E-state index in [-0.39, 0.29) is 5.05 Å². The molecule has 3 nitrogen and oxygen atoms in total. The van der Waals surface area contributed by atoms with Crippen LogP contribution in [0.4, 0.5) is 5.69 Å². The minimum Gasteiger partial charge on any atom is -0.499 e. The van der Waals surface area contributed by atoms with E-state index < -0.39 is 0 Å². The van der Waals surface area contributed by atoms with Gasteiger partial charge in [-0.2, -0.15) is 4.99 Å². The van der Waals surface area contributed by atoms with Crippen LogP contribution in [0, 0.1) is 0 Å². The van der Waals surface area contributed by atoms with Crippen molar-refractivity contribution in [3.05, 3.63) is 90.0 Å². The van der Waals surface area contributed by atoms with Crippen molar-refractivity contribution in [2.45, 2.75) is 24.7 Å². The van der Waals surface area contributed by atoms with Gasteiger partial charge in [-0.05, 0) is 97.4 Å². The maximum Gasteiger partial charge on any atom is 0.198 e. The molecule has 0 radical (unpaired) electrons. The number of isothiocyanates is 1. The van der Waals surface area contributed by atoms with Crippen molar-refractivity contribution in [3.63, 3.8) is 0 Å². The zero-order chi connectivity index (χ0) is 23.2. The van der Waals surface area contributed by atoms with Gasteiger partial charge in [0.05, 0.1) is 10.8 Å². The normalized spacial score (nSPS) is 9.66. The molecule has 0 spiro atoms. The molecule has 0 aliphatic carbocycles. The van der Waals surface area contributed by atoms with Crippen LogP contribution >= 0.6 is 48.4 Å². The number of aliphatic hydroxyl groups is 1. The molecule has 0 heterocycles. The molecule has 3 aromatic rings. The van der Waals surface area contributed by atoms with Crippen molar-refractivity contribution in [1.29, 1.82) is 0 Å². The Balaban J connectivity index is 0.000000336. The number of hydrogen-bond donors (Lipinski definition) is 1. The van der Waals surface area contributed by atoms with Gasteiger partial charge >= 0.3 is 0 Å². The highest BCUT2D eigenvalue weighted by molar-refractivity contribution is 7.99. The Morgan fingerprint density at radius 2 is 1.59 bits per heavy atom. The van der Waals surface area contributed by atoms with Crippen molar-refractivity contribution in [3.8, 4) is 5.75 Å². The lowest BCUT2D eigenvalue weighted by Gasteiger charge is -2.08. The van der Waals surface area contributed by atoms with Gasteiger partial charge in [-0.25, -0.2) is 0 Å². The van der Waals surface area contributed by atoms with Gasteiger partial charge in [-0.3, -0.25) is 0 Å². The van der Waals surface area contributed by atoms with Crippen LogP contribution in [0.15, 0.2) is 88.8 Å². The predicted molar refractivity (Wildman–Crippen MR) is 146 cm³/mol. The number of hydrogen-bond acceptors (Lipinski definition) is 6. The quantitative estimate of drug-likeness (QED) is 0.147. The van der Waals surface area contributed by atoms with E-state index in [1.54, 1.807) is 12.1 Å². The molecule has 164 valence electrons. The number of thioether (sulfide) groups is 1. The van der Waals surface area contributed by atoms with Crippen molar-refractivity contribution in [2.75, 3.05) is 5.75 Å². The maximum absolute atomic E-state index is 8.76. The van der Waals surface area contributed by atoms with Crippen LogP contribution in [0.3, 0.4) is 0 Å². The van der Waals surface area contributed by atoms with Crippen LogP contribution in [0.2, 0.25) is 0 Å². The zero-order valence-corrected chi connectivity index (χ0v) is 20.8. The maximum atomic E-state index is 8.76. The molecule has 0 bridgehead atoms. The second-order valence-corrected chi connectivity index (χ2v) is 8.59. The summed E-state index contributed by atoms with van der Waals surface area (Å²) in [4.78, 5) is 5.16. The van der Waals surface area contributed by atoms with Crippen LogP contribution < -0.4 is 4.74 Å². The first-order chi connectivity index (χ1) is 15.5. The van der Waals surface area contributed by atoms with E-state index in [2.05, 4.69) is 53.6 Å². The number of thiocarbonyl (C=S) groups is 3. The highest BCUT2D eigenvalue weighted by atomic mass is 32.2. The third-order valence-corrected chi connectivity index (χ3v) is 5.84. The summed E-state index contributed by atoms with van der Waals surface area (Å²) >= 11 is 16.3. The molecule has 3 rings (SSSR count). The first-order valence-electron chi connectivity index (χ1n) is 9.94. The van der Waals surface area contributed by atoms with Gasteiger partial charge in [0.15, 0.2) is 10.1 Å². The van der Waals surface area contributed by atoms with Crippen molar-refractivity contribution < 1.29 is 9.84 Å². The molecular weight excluding hydrogens is 475 g/mol. The molecule has 0 fully saturated rings. The summed E-state index contributed by atoms with van der Waals surface area (Å²) in [5, 5.41) is 11.5. The SMILES string of the molecule is CCCCSc1ccc(C(=S)Oc2ccc(N=C=S)cc2)cc1.OC(=S)c1ccccc1. The van der Waals surface area contributed by atoms with E-state index in [1.807, 2.05) is 66.4 Å². The molecule has 3 aromatic carbocycles. The monoisotopic (exact) mass is 497 g/mol. The summed E-state index contributed by atoms with van der Waals surface area (Å²) in [6.45, 7) is 2.20. The lowest BCUT2D eigenvalue weighted by atomic mass is 10.2. The van der Waals surface area contributed by atoms with Crippen molar-refractivity contribution in [1.82, 2.24) is 0 Å². The molecule has 0 saturated heterocycles. The number of nitrogens with zero attached hydrogens (tertiary/aromatic N) is 1. The fourth-order valence-electron chi connectivity index (χ4n) is 2.41. The first-order valence-corrected chi connectivity index (χ1v) is 12.2. The number of aliphatic hydroxyl groups excluding tert-OH is 1. The van der Waals surface area contributed by atoms with Crippen LogP contribution in [0.1, 0.15) is 30.9 Å². The van der Waals surface area contributed by atoms with Gasteiger partial charge in [0.1, 0.15) is 5.75 Å². The fourth-order valence-corrected chi connectivity index (χ4v) is 3.88. The number of benzene rings is 3. The summed E-state index contributed by atoms with van der Waals surface area (Å²) in [5.74, 6) is 1.83. The average Bonchev–Trinajstić information content (AvgIpc) is 2.82. The van der Waals surface area contributed by atoms with Gasteiger partial charge in [0, 0.05) is 16.0 Å². The minimum absolute atomic E-state index is 0.0457. The molecule has 0 unspecified atom stereocenters. The van der Waals surface area contributed by atoms with Crippen molar-refractivity contribution >= 4 is 69.4 Å². The molecule has 0 aromatic heterocycles. The smallest absolute Gasteiger partial charge is 0.198 e. The van der Waals surface area contributed by atoms with E-state index >= 15 is 0 Å². The predicted octanol–water partition coefficient (Wildman–Crippen LogP) is 7.99. The zero-order valence-electron chi connectivity index (χ0n) is 17.6. The van der Waals surface area contributed by atoms with Gasteiger partial charge in [-0.1, -0.05) is 43.7 Å². The number of ether oxygens (including phenoxy) is 1. The summed E-state index contributed by atoms with van der Waals surface area (Å²) in [5.41, 5.74) is 2.35. The Hall–Kier alpha value is -2.41. The number of unbranched alkanes of at least 4 members (excludes halogenated alkanes) is 1. The van der Waals surface area contributed by atoms with E-state index in [9.17, 15) is 0 Å². The Morgan fingerprint density at radius 1 is 0.938 bits per heavy atom. The molecule has 0 saturated carbocycles. The van der Waals surface area contributed by atoms with E-state index in [1.165, 1.54) is 17.7 Å². The first kappa shape index (κ1) is 25.8. The molecule has 0 amide bonds. The summed E-state index contributed by atoms with van der Waals surface area (Å²) in [6.07, 6.45) is 2.45. The van der Waals surface area contributed by atoms with E-state index in [0.717, 1.165) is 17.0 Å². The van der Waals surface area contributed by atoms with Crippen LogP contribution in [-0.2, 0) is 0 Å². The van der Waals surface area contributed by atoms with E-state index in [4.69, 9.17) is 22.1 Å². The van der Waals surface area contributed by atoms with Crippen LogP contribution in [-0.4, -0.2) is 26.1 Å². The number of aliphatic imine (C=N–C) groups is 1. The Labute approximate surface area is 209 Å². The van der Waals surface area contributed by atoms with Crippen LogP contribution in [0.25, 0.3) is 0 Å².